The van der Waals surface area contributed by atoms with Gasteiger partial charge in [-0.25, -0.2) is 9.59 Å². The number of carboxylic acids is 1. The molecule has 0 unspecified atom stereocenters. The van der Waals surface area contributed by atoms with Crippen molar-refractivity contribution in [1.29, 1.82) is 0 Å². The van der Waals surface area contributed by atoms with Crippen molar-refractivity contribution < 1.29 is 9.90 Å². The highest BCUT2D eigenvalue weighted by molar-refractivity contribution is 5.92. The smallest absolute Gasteiger partial charge is 0.335 e. The molecule has 2 N–H and O–H groups in total. The van der Waals surface area contributed by atoms with Gasteiger partial charge in [-0.1, -0.05) is 6.07 Å². The number of pyridine rings is 1. The zero-order valence-corrected chi connectivity index (χ0v) is 11.3. The number of aryl methyl sites for hydroxylation is 1. The summed E-state index contributed by atoms with van der Waals surface area (Å²) in [6, 6.07) is 8.36. The quantitative estimate of drug-likeness (QED) is 0.767. The predicted octanol–water partition coefficient (Wildman–Crippen LogP) is 1.78. The third-order valence-corrected chi connectivity index (χ3v) is 3.45. The molecule has 3 aromatic rings. The molecule has 6 heteroatoms. The number of benzene rings is 1. The largest absolute Gasteiger partial charge is 0.478 e. The van der Waals surface area contributed by atoms with Crippen molar-refractivity contribution in [3.63, 3.8) is 0 Å². The van der Waals surface area contributed by atoms with Crippen LogP contribution in [0.2, 0.25) is 0 Å². The van der Waals surface area contributed by atoms with Gasteiger partial charge in [-0.2, -0.15) is 0 Å². The monoisotopic (exact) mass is 283 g/mol. The Hall–Kier alpha value is -2.89. The van der Waals surface area contributed by atoms with E-state index < -0.39 is 5.97 Å². The fourth-order valence-corrected chi connectivity index (χ4v) is 2.29. The van der Waals surface area contributed by atoms with Gasteiger partial charge in [-0.15, -0.1) is 0 Å². The van der Waals surface area contributed by atoms with Crippen LogP contribution in [0.1, 0.15) is 21.6 Å². The molecule has 3 rings (SSSR count). The summed E-state index contributed by atoms with van der Waals surface area (Å²) in [7, 11) is 0. The highest BCUT2D eigenvalue weighted by atomic mass is 16.4. The van der Waals surface area contributed by atoms with Gasteiger partial charge in [0.05, 0.1) is 28.8 Å². The summed E-state index contributed by atoms with van der Waals surface area (Å²) in [5, 5.41) is 8.98. The molecule has 6 nitrogen and oxygen atoms in total. The molecule has 2 aromatic heterocycles. The van der Waals surface area contributed by atoms with Crippen LogP contribution < -0.4 is 5.69 Å². The number of fused-ring (bicyclic) bond motifs is 1. The number of nitrogens with zero attached hydrogens (tertiary/aromatic N) is 2. The molecule has 0 aliphatic heterocycles. The van der Waals surface area contributed by atoms with Crippen LogP contribution in [-0.2, 0) is 6.54 Å². The molecule has 106 valence electrons. The van der Waals surface area contributed by atoms with Gasteiger partial charge in [0, 0.05) is 6.20 Å². The molecule has 0 aliphatic rings. The van der Waals surface area contributed by atoms with Crippen LogP contribution in [-0.4, -0.2) is 25.6 Å². The highest BCUT2D eigenvalue weighted by Gasteiger charge is 2.11. The van der Waals surface area contributed by atoms with Crippen molar-refractivity contribution in [2.24, 2.45) is 0 Å². The lowest BCUT2D eigenvalue weighted by atomic mass is 10.2. The molecule has 0 bridgehead atoms. The van der Waals surface area contributed by atoms with E-state index in [0.717, 1.165) is 11.3 Å². The molecule has 0 saturated carbocycles. The minimum absolute atomic E-state index is 0.143. The molecule has 0 amide bonds. The van der Waals surface area contributed by atoms with Crippen molar-refractivity contribution in [3.8, 4) is 0 Å². The van der Waals surface area contributed by atoms with Gasteiger partial charge in [-0.3, -0.25) is 9.55 Å². The fraction of sp³-hybridized carbons (Fsp3) is 0.133. The first-order chi connectivity index (χ1) is 10.1. The Morgan fingerprint density at radius 3 is 2.90 bits per heavy atom. The topological polar surface area (TPSA) is 88.0 Å². The van der Waals surface area contributed by atoms with Gasteiger partial charge >= 0.3 is 11.7 Å². The Kier molecular flexibility index (Phi) is 3.06. The van der Waals surface area contributed by atoms with Gasteiger partial charge in [0.25, 0.3) is 0 Å². The number of hydrogen-bond donors (Lipinski definition) is 2. The van der Waals surface area contributed by atoms with Crippen LogP contribution in [0.3, 0.4) is 0 Å². The van der Waals surface area contributed by atoms with Gasteiger partial charge in [0.15, 0.2) is 0 Å². The molecule has 2 heterocycles. The molecule has 0 saturated heterocycles. The van der Waals surface area contributed by atoms with Gasteiger partial charge in [-0.05, 0) is 36.8 Å². The number of nitrogens with one attached hydrogen (secondary N) is 1. The summed E-state index contributed by atoms with van der Waals surface area (Å²) in [4.78, 5) is 30.0. The maximum atomic E-state index is 12.1. The molecule has 0 fully saturated rings. The summed E-state index contributed by atoms with van der Waals surface area (Å²) in [6.07, 6.45) is 1.69. The van der Waals surface area contributed by atoms with E-state index in [9.17, 15) is 9.59 Å². The van der Waals surface area contributed by atoms with Crippen LogP contribution in [0, 0.1) is 6.92 Å². The Bertz CT molecular complexity index is 893. The van der Waals surface area contributed by atoms with E-state index in [2.05, 4.69) is 9.97 Å². The third kappa shape index (κ3) is 2.31. The van der Waals surface area contributed by atoms with Crippen LogP contribution in [0.25, 0.3) is 11.0 Å². The second kappa shape index (κ2) is 4.90. The summed E-state index contributed by atoms with van der Waals surface area (Å²) in [5.41, 5.74) is 2.84. The maximum Gasteiger partial charge on any atom is 0.335 e. The lowest BCUT2D eigenvalue weighted by molar-refractivity contribution is 0.0697. The molecular weight excluding hydrogens is 270 g/mol. The van der Waals surface area contributed by atoms with Crippen LogP contribution >= 0.6 is 0 Å². The van der Waals surface area contributed by atoms with E-state index >= 15 is 0 Å². The van der Waals surface area contributed by atoms with Crippen LogP contribution in [0.15, 0.2) is 41.3 Å². The maximum absolute atomic E-state index is 12.1. The number of hydrogen-bond acceptors (Lipinski definition) is 3. The van der Waals surface area contributed by atoms with Gasteiger partial charge in [0.2, 0.25) is 0 Å². The van der Waals surface area contributed by atoms with E-state index in [4.69, 9.17) is 5.11 Å². The third-order valence-electron chi connectivity index (χ3n) is 3.45. The second-order valence-electron chi connectivity index (χ2n) is 4.82. The number of rotatable bonds is 3. The molecule has 0 atom stereocenters. The van der Waals surface area contributed by atoms with E-state index in [1.54, 1.807) is 16.8 Å². The summed E-state index contributed by atoms with van der Waals surface area (Å²) >= 11 is 0. The molecule has 0 radical (unpaired) electrons. The van der Waals surface area contributed by atoms with Crippen LogP contribution in [0.4, 0.5) is 0 Å². The molecule has 21 heavy (non-hydrogen) atoms. The highest BCUT2D eigenvalue weighted by Crippen LogP contribution is 2.15. The first-order valence-corrected chi connectivity index (χ1v) is 6.42. The fourth-order valence-electron chi connectivity index (χ4n) is 2.29. The van der Waals surface area contributed by atoms with E-state index in [1.165, 1.54) is 12.1 Å². The van der Waals surface area contributed by atoms with Crippen molar-refractivity contribution in [3.05, 3.63) is 63.8 Å². The standard InChI is InChI=1S/C15H13N3O3/c1-9-3-2-6-16-12(9)8-18-13-5-4-10(14(19)20)7-11(13)17-15(18)21/h2-7H,8H2,1H3,(H,17,21)(H,19,20). The van der Waals surface area contributed by atoms with Gasteiger partial charge in [0.1, 0.15) is 0 Å². The number of aromatic amines is 1. The first-order valence-electron chi connectivity index (χ1n) is 6.42. The molecule has 0 spiro atoms. The van der Waals surface area contributed by atoms with Crippen LogP contribution in [0.5, 0.6) is 0 Å². The number of imidazole rings is 1. The number of carboxylic acid groups (broad SMARTS) is 1. The summed E-state index contributed by atoms with van der Waals surface area (Å²) in [6.45, 7) is 2.28. The normalized spacial score (nSPS) is 10.9. The van der Waals surface area contributed by atoms with E-state index in [0.29, 0.717) is 17.6 Å². The molecule has 1 aromatic carbocycles. The minimum Gasteiger partial charge on any atom is -0.478 e. The second-order valence-corrected chi connectivity index (χ2v) is 4.82. The Morgan fingerprint density at radius 1 is 1.38 bits per heavy atom. The first kappa shape index (κ1) is 13.1. The number of carbonyl (C=O) groups is 1. The lowest BCUT2D eigenvalue weighted by Crippen LogP contribution is -2.18. The van der Waals surface area contributed by atoms with Crippen molar-refractivity contribution in [2.75, 3.05) is 0 Å². The van der Waals surface area contributed by atoms with E-state index in [1.807, 2.05) is 19.1 Å². The average Bonchev–Trinajstić information content (AvgIpc) is 2.76. The zero-order chi connectivity index (χ0) is 15.0. The Labute approximate surface area is 119 Å². The van der Waals surface area contributed by atoms with Crippen molar-refractivity contribution >= 4 is 17.0 Å². The zero-order valence-electron chi connectivity index (χ0n) is 11.3. The van der Waals surface area contributed by atoms with Crippen molar-refractivity contribution in [1.82, 2.24) is 14.5 Å². The predicted molar refractivity (Wildman–Crippen MR) is 77.6 cm³/mol. The summed E-state index contributed by atoms with van der Waals surface area (Å²) in [5.74, 6) is -1.02. The number of H-pyrrole nitrogens is 1. The van der Waals surface area contributed by atoms with Gasteiger partial charge < -0.3 is 10.1 Å². The lowest BCUT2D eigenvalue weighted by Gasteiger charge is -2.06. The summed E-state index contributed by atoms with van der Waals surface area (Å²) < 4.78 is 1.55. The minimum atomic E-state index is -1.02. The molecular formula is C15H13N3O3. The average molecular weight is 283 g/mol. The Morgan fingerprint density at radius 2 is 2.19 bits per heavy atom. The van der Waals surface area contributed by atoms with E-state index in [-0.39, 0.29) is 11.3 Å². The van der Waals surface area contributed by atoms with Crippen molar-refractivity contribution in [2.45, 2.75) is 13.5 Å². The molecule has 0 aliphatic carbocycles. The number of aromatic nitrogens is 3. The SMILES string of the molecule is Cc1cccnc1Cn1c(=O)[nH]c2cc(C(=O)O)ccc21. The Balaban J connectivity index is 2.11. The number of aromatic carboxylic acids is 1.